The molecule has 0 radical (unpaired) electrons. The quantitative estimate of drug-likeness (QED) is 0.827. The highest BCUT2D eigenvalue weighted by Crippen LogP contribution is 2.32. The smallest absolute Gasteiger partial charge is 0.447 e. The molecule has 1 fully saturated rings. The van der Waals surface area contributed by atoms with Crippen LogP contribution in [0.3, 0.4) is 0 Å². The predicted octanol–water partition coefficient (Wildman–Crippen LogP) is 1.99. The van der Waals surface area contributed by atoms with Gasteiger partial charge in [-0.15, -0.1) is 10.2 Å². The Morgan fingerprint density at radius 3 is 2.83 bits per heavy atom. The maximum atomic E-state index is 12.8. The number of amides is 1. The molecule has 2 aliphatic heterocycles. The van der Waals surface area contributed by atoms with Gasteiger partial charge in [0.1, 0.15) is 6.61 Å². The molecule has 0 aliphatic carbocycles. The minimum Gasteiger partial charge on any atom is -0.447 e. The van der Waals surface area contributed by atoms with E-state index in [9.17, 15) is 18.0 Å². The molecule has 1 aromatic rings. The summed E-state index contributed by atoms with van der Waals surface area (Å²) in [5.74, 6) is -0.927. The number of rotatable bonds is 2. The van der Waals surface area contributed by atoms with Crippen molar-refractivity contribution in [2.75, 3.05) is 19.8 Å². The molecular weight excluding hydrogens is 317 g/mol. The Morgan fingerprint density at radius 1 is 1.39 bits per heavy atom. The lowest BCUT2D eigenvalue weighted by Crippen LogP contribution is -2.42. The second-order valence-electron chi connectivity index (χ2n) is 5.61. The van der Waals surface area contributed by atoms with E-state index in [0.717, 1.165) is 17.4 Å². The lowest BCUT2D eigenvalue weighted by atomic mass is 10.2. The molecule has 3 heterocycles. The van der Waals surface area contributed by atoms with Gasteiger partial charge < -0.3 is 14.0 Å². The van der Waals surface area contributed by atoms with Gasteiger partial charge in [0, 0.05) is 19.7 Å². The van der Waals surface area contributed by atoms with Crippen molar-refractivity contribution < 1.29 is 27.4 Å². The highest BCUT2D eigenvalue weighted by Gasteiger charge is 2.42. The fraction of sp³-hybridized carbons (Fsp3) is 0.769. The number of halogens is 3. The molecular formula is C13H17F3N4O3. The maximum Gasteiger partial charge on any atom is 0.451 e. The molecule has 3 rings (SSSR count). The molecule has 10 heteroatoms. The van der Waals surface area contributed by atoms with Crippen LogP contribution in [0, 0.1) is 0 Å². The van der Waals surface area contributed by atoms with Gasteiger partial charge in [-0.3, -0.25) is 4.90 Å². The van der Waals surface area contributed by atoms with Crippen LogP contribution in [0.5, 0.6) is 0 Å². The van der Waals surface area contributed by atoms with Gasteiger partial charge in [0.05, 0.1) is 12.1 Å². The lowest BCUT2D eigenvalue weighted by molar-refractivity contribution is -0.148. The summed E-state index contributed by atoms with van der Waals surface area (Å²) in [6, 6.07) is -0.635. The minimum absolute atomic E-state index is 0.0173. The molecule has 1 aromatic heterocycles. The van der Waals surface area contributed by atoms with Crippen LogP contribution < -0.4 is 0 Å². The summed E-state index contributed by atoms with van der Waals surface area (Å²) in [5.41, 5.74) is 0. The summed E-state index contributed by atoms with van der Waals surface area (Å²) in [6.07, 6.45) is -3.46. The summed E-state index contributed by atoms with van der Waals surface area (Å²) < 4.78 is 50.1. The summed E-state index contributed by atoms with van der Waals surface area (Å²) in [6.45, 7) is 2.51. The van der Waals surface area contributed by atoms with E-state index >= 15 is 0 Å². The lowest BCUT2D eigenvalue weighted by Gasteiger charge is -2.33. The number of carbonyl (C=O) groups is 1. The Hall–Kier alpha value is -1.84. The molecule has 7 nitrogen and oxygen atoms in total. The van der Waals surface area contributed by atoms with Crippen LogP contribution in [0.4, 0.5) is 18.0 Å². The molecule has 0 saturated carbocycles. The van der Waals surface area contributed by atoms with Crippen LogP contribution in [0.2, 0.25) is 0 Å². The van der Waals surface area contributed by atoms with Crippen molar-refractivity contribution in [2.24, 2.45) is 0 Å². The second-order valence-corrected chi connectivity index (χ2v) is 5.61. The average molecular weight is 334 g/mol. The van der Waals surface area contributed by atoms with Gasteiger partial charge in [0.2, 0.25) is 5.82 Å². The molecule has 2 atom stereocenters. The SMILES string of the molecule is CC1c2nnc(C(F)(F)F)n2CCN1C(=O)OCC1CCCO1. The van der Waals surface area contributed by atoms with E-state index in [-0.39, 0.29) is 31.6 Å². The molecule has 0 N–H and O–H groups in total. The van der Waals surface area contributed by atoms with Crippen molar-refractivity contribution in [3.63, 3.8) is 0 Å². The Bertz CT molecular complexity index is 584. The topological polar surface area (TPSA) is 69.5 Å². The van der Waals surface area contributed by atoms with Crippen LogP contribution >= 0.6 is 0 Å². The van der Waals surface area contributed by atoms with Gasteiger partial charge >= 0.3 is 12.3 Å². The summed E-state index contributed by atoms with van der Waals surface area (Å²) in [7, 11) is 0. The number of ether oxygens (including phenoxy) is 2. The van der Waals surface area contributed by atoms with Crippen molar-refractivity contribution in [1.82, 2.24) is 19.7 Å². The molecule has 0 aromatic carbocycles. The summed E-state index contributed by atoms with van der Waals surface area (Å²) in [5, 5.41) is 6.80. The van der Waals surface area contributed by atoms with E-state index in [1.165, 1.54) is 4.90 Å². The Kier molecular flexibility index (Phi) is 4.17. The first-order chi connectivity index (χ1) is 10.9. The zero-order valence-corrected chi connectivity index (χ0v) is 12.5. The Balaban J connectivity index is 1.67. The average Bonchev–Trinajstić information content (AvgIpc) is 3.14. The van der Waals surface area contributed by atoms with Crippen molar-refractivity contribution in [3.05, 3.63) is 11.6 Å². The molecule has 0 bridgehead atoms. The number of fused-ring (bicyclic) bond motifs is 1. The number of hydrogen-bond acceptors (Lipinski definition) is 5. The standard InChI is InChI=1S/C13H17F3N4O3/c1-8-10-17-18-11(13(14,15)16)20(10)5-4-19(8)12(21)23-7-9-3-2-6-22-9/h8-9H,2-7H2,1H3. The highest BCUT2D eigenvalue weighted by molar-refractivity contribution is 5.68. The maximum absolute atomic E-state index is 12.8. The van der Waals surface area contributed by atoms with Crippen LogP contribution in [0.15, 0.2) is 0 Å². The van der Waals surface area contributed by atoms with Gasteiger partial charge in [-0.05, 0) is 19.8 Å². The molecule has 1 amide bonds. The van der Waals surface area contributed by atoms with Crippen molar-refractivity contribution in [1.29, 1.82) is 0 Å². The van der Waals surface area contributed by atoms with Crippen LogP contribution in [0.1, 0.15) is 37.5 Å². The number of alkyl halides is 3. The highest BCUT2D eigenvalue weighted by atomic mass is 19.4. The van der Waals surface area contributed by atoms with Crippen LogP contribution in [-0.4, -0.2) is 51.6 Å². The molecule has 2 aliphatic rings. The largest absolute Gasteiger partial charge is 0.451 e. The Morgan fingerprint density at radius 2 is 2.17 bits per heavy atom. The summed E-state index contributed by atoms with van der Waals surface area (Å²) >= 11 is 0. The fourth-order valence-corrected chi connectivity index (χ4v) is 2.87. The summed E-state index contributed by atoms with van der Waals surface area (Å²) in [4.78, 5) is 13.5. The number of aromatic nitrogens is 3. The third kappa shape index (κ3) is 3.12. The van der Waals surface area contributed by atoms with E-state index in [0.29, 0.717) is 6.61 Å². The minimum atomic E-state index is -4.56. The van der Waals surface area contributed by atoms with Crippen LogP contribution in [0.25, 0.3) is 0 Å². The second kappa shape index (κ2) is 5.99. The molecule has 1 saturated heterocycles. The first kappa shape index (κ1) is 16.0. The van der Waals surface area contributed by atoms with E-state index in [1.807, 2.05) is 0 Å². The normalized spacial score (nSPS) is 24.6. The van der Waals surface area contributed by atoms with Gasteiger partial charge in [-0.1, -0.05) is 0 Å². The van der Waals surface area contributed by atoms with Crippen molar-refractivity contribution in [3.8, 4) is 0 Å². The van der Waals surface area contributed by atoms with Crippen molar-refractivity contribution in [2.45, 2.75) is 44.6 Å². The van der Waals surface area contributed by atoms with E-state index in [2.05, 4.69) is 10.2 Å². The number of nitrogens with zero attached hydrogens (tertiary/aromatic N) is 4. The third-order valence-electron chi connectivity index (χ3n) is 4.09. The number of carbonyl (C=O) groups excluding carboxylic acids is 1. The first-order valence-electron chi connectivity index (χ1n) is 7.43. The zero-order valence-electron chi connectivity index (χ0n) is 12.5. The molecule has 0 spiro atoms. The first-order valence-corrected chi connectivity index (χ1v) is 7.43. The number of hydrogen-bond donors (Lipinski definition) is 0. The van der Waals surface area contributed by atoms with Gasteiger partial charge in [0.25, 0.3) is 0 Å². The van der Waals surface area contributed by atoms with Gasteiger partial charge in [-0.25, -0.2) is 4.79 Å². The van der Waals surface area contributed by atoms with Gasteiger partial charge in [-0.2, -0.15) is 13.2 Å². The zero-order chi connectivity index (χ0) is 16.6. The third-order valence-corrected chi connectivity index (χ3v) is 4.09. The molecule has 2 unspecified atom stereocenters. The van der Waals surface area contributed by atoms with E-state index < -0.39 is 24.1 Å². The van der Waals surface area contributed by atoms with Crippen molar-refractivity contribution >= 4 is 6.09 Å². The fourth-order valence-electron chi connectivity index (χ4n) is 2.87. The molecule has 128 valence electrons. The predicted molar refractivity (Wildman–Crippen MR) is 70.5 cm³/mol. The van der Waals surface area contributed by atoms with E-state index in [1.54, 1.807) is 6.92 Å². The van der Waals surface area contributed by atoms with E-state index in [4.69, 9.17) is 9.47 Å². The van der Waals surface area contributed by atoms with Crippen LogP contribution in [-0.2, 0) is 22.2 Å². The van der Waals surface area contributed by atoms with Gasteiger partial charge in [0.15, 0.2) is 5.82 Å². The monoisotopic (exact) mass is 334 g/mol. The molecule has 23 heavy (non-hydrogen) atoms. The Labute approximate surface area is 130 Å².